The van der Waals surface area contributed by atoms with Crippen molar-refractivity contribution in [3.8, 4) is 0 Å². The van der Waals surface area contributed by atoms with Crippen molar-refractivity contribution in [1.82, 2.24) is 15.5 Å². The van der Waals surface area contributed by atoms with Crippen molar-refractivity contribution in [3.05, 3.63) is 11.4 Å². The fourth-order valence-corrected chi connectivity index (χ4v) is 1.18. The zero-order valence-corrected chi connectivity index (χ0v) is 9.40. The number of hydrogen-bond acceptors (Lipinski definition) is 6. The Morgan fingerprint density at radius 3 is 2.29 bits per heavy atom. The number of carbonyl (C=O) groups excluding carboxylic acids is 1. The van der Waals surface area contributed by atoms with E-state index in [9.17, 15) is 4.79 Å². The van der Waals surface area contributed by atoms with E-state index in [-0.39, 0.29) is 11.4 Å². The van der Waals surface area contributed by atoms with Gasteiger partial charge in [0.05, 0.1) is 31.2 Å². The molecule has 1 amide bonds. The van der Waals surface area contributed by atoms with Crippen LogP contribution in [0.5, 0.6) is 0 Å². The van der Waals surface area contributed by atoms with Gasteiger partial charge in [0, 0.05) is 0 Å². The molecule has 1 rings (SSSR count). The minimum atomic E-state index is -1.49. The number of aryl methyl sites for hydroxylation is 1. The fourth-order valence-electron chi connectivity index (χ4n) is 1.18. The number of nitrogens with one attached hydrogen (secondary N) is 2. The maximum absolute atomic E-state index is 11.8. The van der Waals surface area contributed by atoms with Crippen LogP contribution in [0.4, 0.5) is 5.69 Å². The summed E-state index contributed by atoms with van der Waals surface area (Å²) in [5.74, 6) is -0.677. The Kier molecular flexibility index (Phi) is 4.05. The molecule has 8 nitrogen and oxygen atoms in total. The lowest BCUT2D eigenvalue weighted by Gasteiger charge is -2.28. The summed E-state index contributed by atoms with van der Waals surface area (Å²) in [6.07, 6.45) is 0. The molecule has 7 N–H and O–H groups in total. The number of aliphatic hydroxyl groups excluding tert-OH is 3. The Bertz CT molecular complexity index is 391. The molecule has 0 bridgehead atoms. The first-order valence-corrected chi connectivity index (χ1v) is 4.95. The minimum Gasteiger partial charge on any atom is -0.395 e. The first-order valence-electron chi connectivity index (χ1n) is 4.95. The van der Waals surface area contributed by atoms with Gasteiger partial charge in [-0.3, -0.25) is 9.89 Å². The molecule has 0 spiro atoms. The fraction of sp³-hybridized carbons (Fsp3) is 0.556. The number of nitrogen functional groups attached to an aromatic ring is 1. The van der Waals surface area contributed by atoms with Gasteiger partial charge < -0.3 is 26.4 Å². The molecule has 1 aromatic heterocycles. The number of amides is 1. The average Bonchev–Trinajstić information content (AvgIpc) is 2.67. The second kappa shape index (κ2) is 5.13. The van der Waals surface area contributed by atoms with Gasteiger partial charge in [0.2, 0.25) is 0 Å². The van der Waals surface area contributed by atoms with Crippen molar-refractivity contribution in [2.24, 2.45) is 0 Å². The maximum atomic E-state index is 11.8. The molecule has 0 aliphatic rings. The molecule has 0 atom stereocenters. The highest BCUT2D eigenvalue weighted by atomic mass is 16.3. The lowest BCUT2D eigenvalue weighted by atomic mass is 10.0. The molecule has 0 unspecified atom stereocenters. The Balaban J connectivity index is 2.88. The number of anilines is 1. The molecule has 96 valence electrons. The summed E-state index contributed by atoms with van der Waals surface area (Å²) in [5, 5.41) is 35.7. The number of nitrogens with zero attached hydrogens (tertiary/aromatic N) is 1. The SMILES string of the molecule is Cc1[nH]nc(C(=O)NC(CO)(CO)CO)c1N. The smallest absolute Gasteiger partial charge is 0.274 e. The monoisotopic (exact) mass is 244 g/mol. The quantitative estimate of drug-likeness (QED) is 0.345. The zero-order valence-electron chi connectivity index (χ0n) is 9.40. The summed E-state index contributed by atoms with van der Waals surface area (Å²) in [7, 11) is 0. The number of H-pyrrole nitrogens is 1. The van der Waals surface area contributed by atoms with Gasteiger partial charge >= 0.3 is 0 Å². The van der Waals surface area contributed by atoms with E-state index in [0.717, 1.165) is 0 Å². The predicted molar refractivity (Wildman–Crippen MR) is 59.2 cm³/mol. The minimum absolute atomic E-state index is 0.0396. The Hall–Kier alpha value is -1.64. The standard InChI is InChI=1S/C9H16N4O4/c1-5-6(10)7(13-12-5)8(17)11-9(2-14,3-15)4-16/h14-16H,2-4,10H2,1H3,(H,11,17)(H,12,13). The normalized spacial score (nSPS) is 11.5. The van der Waals surface area contributed by atoms with Crippen LogP contribution in [0.3, 0.4) is 0 Å². The van der Waals surface area contributed by atoms with E-state index in [1.165, 1.54) is 0 Å². The van der Waals surface area contributed by atoms with Crippen LogP contribution in [0.25, 0.3) is 0 Å². The van der Waals surface area contributed by atoms with Crippen molar-refractivity contribution in [2.45, 2.75) is 12.5 Å². The summed E-state index contributed by atoms with van der Waals surface area (Å²) in [6, 6.07) is 0. The number of carbonyl (C=O) groups is 1. The van der Waals surface area contributed by atoms with Crippen molar-refractivity contribution < 1.29 is 20.1 Å². The van der Waals surface area contributed by atoms with Crippen LogP contribution in [0.1, 0.15) is 16.2 Å². The third kappa shape index (κ3) is 2.54. The van der Waals surface area contributed by atoms with E-state index < -0.39 is 31.3 Å². The molecular weight excluding hydrogens is 228 g/mol. The largest absolute Gasteiger partial charge is 0.395 e. The van der Waals surface area contributed by atoms with E-state index in [2.05, 4.69) is 15.5 Å². The average molecular weight is 244 g/mol. The Morgan fingerprint density at radius 2 is 1.94 bits per heavy atom. The zero-order chi connectivity index (χ0) is 13.1. The first-order chi connectivity index (χ1) is 7.99. The topological polar surface area (TPSA) is 144 Å². The van der Waals surface area contributed by atoms with Crippen LogP contribution in [-0.2, 0) is 0 Å². The van der Waals surface area contributed by atoms with Crippen molar-refractivity contribution >= 4 is 11.6 Å². The van der Waals surface area contributed by atoms with Crippen molar-refractivity contribution in [3.63, 3.8) is 0 Å². The van der Waals surface area contributed by atoms with Crippen LogP contribution in [0, 0.1) is 6.92 Å². The number of aliphatic hydroxyl groups is 3. The predicted octanol–water partition coefficient (Wildman–Crippen LogP) is -2.25. The molecular formula is C9H16N4O4. The van der Waals surface area contributed by atoms with E-state index in [1.54, 1.807) is 6.92 Å². The highest BCUT2D eigenvalue weighted by Crippen LogP contribution is 2.13. The maximum Gasteiger partial charge on any atom is 0.274 e. The van der Waals surface area contributed by atoms with Crippen LogP contribution >= 0.6 is 0 Å². The summed E-state index contributed by atoms with van der Waals surface area (Å²) < 4.78 is 0. The van der Waals surface area contributed by atoms with E-state index in [1.807, 2.05) is 0 Å². The summed E-state index contributed by atoms with van der Waals surface area (Å²) in [5.41, 5.74) is 4.80. The van der Waals surface area contributed by atoms with Gasteiger partial charge in [-0.15, -0.1) is 0 Å². The second-order valence-corrected chi connectivity index (χ2v) is 3.82. The first kappa shape index (κ1) is 13.4. The van der Waals surface area contributed by atoms with Gasteiger partial charge in [0.25, 0.3) is 5.91 Å². The molecule has 0 saturated carbocycles. The molecule has 1 heterocycles. The van der Waals surface area contributed by atoms with Crippen LogP contribution in [0.15, 0.2) is 0 Å². The van der Waals surface area contributed by atoms with Crippen LogP contribution < -0.4 is 11.1 Å². The number of rotatable bonds is 5. The molecule has 0 aliphatic heterocycles. The molecule has 0 aliphatic carbocycles. The van der Waals surface area contributed by atoms with Gasteiger partial charge in [-0.25, -0.2) is 0 Å². The molecule has 8 heteroatoms. The third-order valence-corrected chi connectivity index (χ3v) is 2.50. The third-order valence-electron chi connectivity index (χ3n) is 2.50. The number of nitrogens with two attached hydrogens (primary N) is 1. The molecule has 1 aromatic rings. The van der Waals surface area contributed by atoms with Gasteiger partial charge in [-0.05, 0) is 6.92 Å². The van der Waals surface area contributed by atoms with Crippen LogP contribution in [0.2, 0.25) is 0 Å². The summed E-state index contributed by atoms with van der Waals surface area (Å²) in [6.45, 7) is -0.157. The molecule has 0 saturated heterocycles. The van der Waals surface area contributed by atoms with E-state index in [0.29, 0.717) is 5.69 Å². The molecule has 17 heavy (non-hydrogen) atoms. The highest BCUT2D eigenvalue weighted by molar-refractivity contribution is 5.98. The van der Waals surface area contributed by atoms with Crippen molar-refractivity contribution in [1.29, 1.82) is 0 Å². The van der Waals surface area contributed by atoms with Crippen LogP contribution in [-0.4, -0.2) is 56.8 Å². The highest BCUT2D eigenvalue weighted by Gasteiger charge is 2.31. The van der Waals surface area contributed by atoms with E-state index >= 15 is 0 Å². The number of hydrogen-bond donors (Lipinski definition) is 6. The molecule has 0 radical (unpaired) electrons. The lowest BCUT2D eigenvalue weighted by Crippen LogP contribution is -2.57. The van der Waals surface area contributed by atoms with E-state index in [4.69, 9.17) is 21.1 Å². The summed E-state index contributed by atoms with van der Waals surface area (Å²) >= 11 is 0. The van der Waals surface area contributed by atoms with Gasteiger partial charge in [0.1, 0.15) is 5.54 Å². The number of aromatic amines is 1. The lowest BCUT2D eigenvalue weighted by molar-refractivity contribution is 0.0373. The Labute approximate surface area is 97.5 Å². The van der Waals surface area contributed by atoms with Gasteiger partial charge in [-0.2, -0.15) is 5.10 Å². The molecule has 0 fully saturated rings. The number of aromatic nitrogens is 2. The van der Waals surface area contributed by atoms with Gasteiger partial charge in [0.15, 0.2) is 5.69 Å². The second-order valence-electron chi connectivity index (χ2n) is 3.82. The Morgan fingerprint density at radius 1 is 1.41 bits per heavy atom. The van der Waals surface area contributed by atoms with Gasteiger partial charge in [-0.1, -0.05) is 0 Å². The molecule has 0 aromatic carbocycles. The summed E-state index contributed by atoms with van der Waals surface area (Å²) in [4.78, 5) is 11.8. The van der Waals surface area contributed by atoms with Crippen molar-refractivity contribution in [2.75, 3.05) is 25.6 Å².